The number of rotatable bonds is 5. The molecule has 0 spiro atoms. The lowest BCUT2D eigenvalue weighted by molar-refractivity contribution is -0.173. The molecule has 14 heavy (non-hydrogen) atoms. The van der Waals surface area contributed by atoms with Crippen molar-refractivity contribution in [1.82, 2.24) is 10.6 Å². The van der Waals surface area contributed by atoms with Crippen LogP contribution in [0.15, 0.2) is 0 Å². The van der Waals surface area contributed by atoms with Gasteiger partial charge in [0.25, 0.3) is 0 Å². The third-order valence-electron chi connectivity index (χ3n) is 1.12. The molecule has 0 aliphatic carbocycles. The van der Waals surface area contributed by atoms with Crippen molar-refractivity contribution in [2.45, 2.75) is 6.18 Å². The maximum atomic E-state index is 11.6. The zero-order valence-corrected chi connectivity index (χ0v) is 7.02. The second-order valence-corrected chi connectivity index (χ2v) is 2.32. The van der Waals surface area contributed by atoms with Crippen molar-refractivity contribution in [2.24, 2.45) is 0 Å². The Labute approximate surface area is 77.3 Å². The van der Waals surface area contributed by atoms with Crippen LogP contribution in [0.4, 0.5) is 13.2 Å². The summed E-state index contributed by atoms with van der Waals surface area (Å²) in [5.41, 5.74) is 0. The van der Waals surface area contributed by atoms with E-state index in [1.165, 1.54) is 0 Å². The normalized spacial score (nSPS) is 11.1. The van der Waals surface area contributed by atoms with Crippen LogP contribution in [0.5, 0.6) is 0 Å². The predicted molar refractivity (Wildman–Crippen MR) is 39.6 cm³/mol. The van der Waals surface area contributed by atoms with E-state index < -0.39 is 18.1 Å². The van der Waals surface area contributed by atoms with Crippen LogP contribution in [-0.2, 0) is 9.59 Å². The Morgan fingerprint density at radius 3 is 2.21 bits per heavy atom. The lowest BCUT2D eigenvalue weighted by atomic mass is 10.5. The number of carboxylic acid groups (broad SMARTS) is 1. The van der Waals surface area contributed by atoms with Crippen molar-refractivity contribution in [3.63, 3.8) is 0 Å². The van der Waals surface area contributed by atoms with Gasteiger partial charge in [-0.15, -0.1) is 0 Å². The quantitative estimate of drug-likeness (QED) is 0.531. The molecule has 0 rings (SSSR count). The number of nitrogens with one attached hydrogen (secondary N) is 2. The second-order valence-electron chi connectivity index (χ2n) is 2.32. The van der Waals surface area contributed by atoms with Crippen LogP contribution in [0.1, 0.15) is 0 Å². The van der Waals surface area contributed by atoms with E-state index in [2.05, 4.69) is 5.32 Å². The van der Waals surface area contributed by atoms with Crippen molar-refractivity contribution >= 4 is 11.9 Å². The molecule has 0 atom stereocenters. The minimum absolute atomic E-state index is 0.0336. The van der Waals surface area contributed by atoms with Crippen LogP contribution < -0.4 is 10.6 Å². The minimum atomic E-state index is -4.90. The molecule has 8 heteroatoms. The Kier molecular flexibility index (Phi) is 4.92. The van der Waals surface area contributed by atoms with Gasteiger partial charge in [-0.2, -0.15) is 13.2 Å². The number of aliphatic carboxylic acids is 1. The van der Waals surface area contributed by atoms with Gasteiger partial charge in [0.15, 0.2) is 0 Å². The van der Waals surface area contributed by atoms with E-state index in [0.717, 1.165) is 0 Å². The molecule has 0 radical (unpaired) electrons. The lowest BCUT2D eigenvalue weighted by Crippen LogP contribution is -2.40. The van der Waals surface area contributed by atoms with Gasteiger partial charge in [-0.3, -0.25) is 9.59 Å². The monoisotopic (exact) mass is 214 g/mol. The van der Waals surface area contributed by atoms with Crippen LogP contribution >= 0.6 is 0 Å². The Morgan fingerprint density at radius 2 is 1.79 bits per heavy atom. The number of hydrogen-bond donors (Lipinski definition) is 3. The van der Waals surface area contributed by atoms with Crippen molar-refractivity contribution in [3.05, 3.63) is 0 Å². The molecule has 3 N–H and O–H groups in total. The lowest BCUT2D eigenvalue weighted by Gasteiger charge is -2.07. The van der Waals surface area contributed by atoms with E-state index in [9.17, 15) is 22.8 Å². The SMILES string of the molecule is O=C(O)CNCCNC(=O)C(F)(F)F. The minimum Gasteiger partial charge on any atom is -0.480 e. The highest BCUT2D eigenvalue weighted by atomic mass is 19.4. The Morgan fingerprint density at radius 1 is 1.21 bits per heavy atom. The molecule has 0 saturated carbocycles. The van der Waals surface area contributed by atoms with E-state index in [0.29, 0.717) is 0 Å². The number of amides is 1. The molecule has 0 aliphatic rings. The van der Waals surface area contributed by atoms with Crippen molar-refractivity contribution in [3.8, 4) is 0 Å². The molecule has 0 fully saturated rings. The topological polar surface area (TPSA) is 78.4 Å². The number of carboxylic acids is 1. The summed E-state index contributed by atoms with van der Waals surface area (Å²) in [6, 6.07) is 0. The van der Waals surface area contributed by atoms with Gasteiger partial charge in [-0.05, 0) is 0 Å². The summed E-state index contributed by atoms with van der Waals surface area (Å²) in [7, 11) is 0. The summed E-state index contributed by atoms with van der Waals surface area (Å²) < 4.78 is 34.7. The molecule has 0 bridgehead atoms. The summed E-state index contributed by atoms with van der Waals surface area (Å²) in [6.45, 7) is -0.665. The average Bonchev–Trinajstić information content (AvgIpc) is 2.01. The molecule has 0 heterocycles. The van der Waals surface area contributed by atoms with Gasteiger partial charge in [-0.1, -0.05) is 0 Å². The first-order valence-corrected chi connectivity index (χ1v) is 3.61. The van der Waals surface area contributed by atoms with Gasteiger partial charge in [0.05, 0.1) is 6.54 Å². The van der Waals surface area contributed by atoms with Crippen LogP contribution in [0.3, 0.4) is 0 Å². The number of hydrogen-bond acceptors (Lipinski definition) is 3. The molecule has 0 aromatic carbocycles. The number of alkyl halides is 3. The van der Waals surface area contributed by atoms with E-state index in [1.54, 1.807) is 5.32 Å². The second kappa shape index (κ2) is 5.43. The summed E-state index contributed by atoms with van der Waals surface area (Å²) in [5, 5.41) is 12.0. The first-order valence-electron chi connectivity index (χ1n) is 3.61. The molecule has 0 saturated heterocycles. The summed E-state index contributed by atoms with van der Waals surface area (Å²) in [6.07, 6.45) is -4.90. The smallest absolute Gasteiger partial charge is 0.471 e. The van der Waals surface area contributed by atoms with Crippen molar-refractivity contribution < 1.29 is 27.9 Å². The molecular formula is C6H9F3N2O3. The van der Waals surface area contributed by atoms with Gasteiger partial charge in [0.1, 0.15) is 0 Å². The summed E-state index contributed by atoms with van der Waals surface area (Å²) >= 11 is 0. The third kappa shape index (κ3) is 6.23. The average molecular weight is 214 g/mol. The summed E-state index contributed by atoms with van der Waals surface area (Å²) in [5.74, 6) is -3.15. The molecule has 0 unspecified atom stereocenters. The molecule has 0 aromatic heterocycles. The largest absolute Gasteiger partial charge is 0.480 e. The maximum absolute atomic E-state index is 11.6. The first kappa shape index (κ1) is 12.7. The van der Waals surface area contributed by atoms with E-state index >= 15 is 0 Å². The highest BCUT2D eigenvalue weighted by molar-refractivity contribution is 5.81. The summed E-state index contributed by atoms with van der Waals surface area (Å²) in [4.78, 5) is 20.1. The first-order chi connectivity index (χ1) is 6.34. The van der Waals surface area contributed by atoms with Gasteiger partial charge in [-0.25, -0.2) is 0 Å². The molecular weight excluding hydrogens is 205 g/mol. The number of carbonyl (C=O) groups is 2. The standard InChI is InChI=1S/C6H9F3N2O3/c7-6(8,9)5(14)11-2-1-10-3-4(12)13/h10H,1-3H2,(H,11,14)(H,12,13). The molecule has 1 amide bonds. The molecule has 82 valence electrons. The van der Waals surface area contributed by atoms with Crippen LogP contribution in [0.25, 0.3) is 0 Å². The Bertz CT molecular complexity index is 217. The highest BCUT2D eigenvalue weighted by Gasteiger charge is 2.38. The number of halogens is 3. The van der Waals surface area contributed by atoms with Crippen LogP contribution in [-0.4, -0.2) is 42.8 Å². The maximum Gasteiger partial charge on any atom is 0.471 e. The fourth-order valence-corrected chi connectivity index (χ4v) is 0.560. The predicted octanol–water partition coefficient (Wildman–Crippen LogP) is -0.661. The fourth-order valence-electron chi connectivity index (χ4n) is 0.560. The molecule has 5 nitrogen and oxygen atoms in total. The van der Waals surface area contributed by atoms with Gasteiger partial charge >= 0.3 is 18.1 Å². The van der Waals surface area contributed by atoms with E-state index in [1.807, 2.05) is 0 Å². The van der Waals surface area contributed by atoms with Crippen LogP contribution in [0.2, 0.25) is 0 Å². The van der Waals surface area contributed by atoms with E-state index in [-0.39, 0.29) is 19.6 Å². The third-order valence-corrected chi connectivity index (χ3v) is 1.12. The highest BCUT2D eigenvalue weighted by Crippen LogP contribution is 2.13. The van der Waals surface area contributed by atoms with Gasteiger partial charge in [0.2, 0.25) is 0 Å². The zero-order chi connectivity index (χ0) is 11.2. The fraction of sp³-hybridized carbons (Fsp3) is 0.667. The molecule has 0 aliphatic heterocycles. The van der Waals surface area contributed by atoms with Gasteiger partial charge < -0.3 is 15.7 Å². The van der Waals surface area contributed by atoms with Crippen molar-refractivity contribution in [2.75, 3.05) is 19.6 Å². The van der Waals surface area contributed by atoms with E-state index in [4.69, 9.17) is 5.11 Å². The zero-order valence-electron chi connectivity index (χ0n) is 7.02. The van der Waals surface area contributed by atoms with Crippen molar-refractivity contribution in [1.29, 1.82) is 0 Å². The van der Waals surface area contributed by atoms with Gasteiger partial charge in [0, 0.05) is 13.1 Å². The van der Waals surface area contributed by atoms with Crippen LogP contribution in [0, 0.1) is 0 Å². The molecule has 0 aromatic rings. The number of carbonyl (C=O) groups excluding carboxylic acids is 1. The Hall–Kier alpha value is -1.31. The Balaban J connectivity index is 3.46.